The summed E-state index contributed by atoms with van der Waals surface area (Å²) in [7, 11) is 0. The summed E-state index contributed by atoms with van der Waals surface area (Å²) in [6.07, 6.45) is 0.887. The Morgan fingerprint density at radius 3 is 1.09 bits per heavy atom. The van der Waals surface area contributed by atoms with Crippen LogP contribution in [0.3, 0.4) is 0 Å². The third kappa shape index (κ3) is 3.18. The molecule has 0 bridgehead atoms. The Labute approximate surface area is 187 Å². The van der Waals surface area contributed by atoms with Gasteiger partial charge in [0.1, 0.15) is 28.8 Å². The van der Waals surface area contributed by atoms with Gasteiger partial charge in [-0.2, -0.15) is 0 Å². The lowest BCUT2D eigenvalue weighted by molar-refractivity contribution is -0.119. The van der Waals surface area contributed by atoms with Crippen molar-refractivity contribution in [1.82, 2.24) is 0 Å². The molecule has 0 spiro atoms. The Hall–Kier alpha value is -3.85. The van der Waals surface area contributed by atoms with Crippen LogP contribution in [0.2, 0.25) is 0 Å². The SMILES string of the molecule is O=C(CC1c2ccccc2Oc2ccccc21)CC1c2ccccc2Oc2ccccc21. The van der Waals surface area contributed by atoms with Gasteiger partial charge in [-0.05, 0) is 24.3 Å². The van der Waals surface area contributed by atoms with Gasteiger partial charge < -0.3 is 9.47 Å². The average Bonchev–Trinajstić information content (AvgIpc) is 2.84. The third-order valence-electron chi connectivity index (χ3n) is 6.48. The standard InChI is InChI=1S/C29H22O3/c30-19(17-24-20-9-1-5-13-26(20)31-27-14-6-2-10-21(24)27)18-25-22-11-3-7-15-28(22)32-29-16-8-4-12-23(25)29/h1-16,24-25H,17-18H2. The van der Waals surface area contributed by atoms with E-state index in [2.05, 4.69) is 24.3 Å². The highest BCUT2D eigenvalue weighted by molar-refractivity contribution is 5.82. The molecule has 0 radical (unpaired) electrons. The van der Waals surface area contributed by atoms with Crippen molar-refractivity contribution < 1.29 is 14.3 Å². The molecule has 0 N–H and O–H groups in total. The Morgan fingerprint density at radius 1 is 0.500 bits per heavy atom. The summed E-state index contributed by atoms with van der Waals surface area (Å²) in [5.41, 5.74) is 4.30. The van der Waals surface area contributed by atoms with Crippen LogP contribution in [0.15, 0.2) is 97.1 Å². The number of hydrogen-bond donors (Lipinski definition) is 0. The average molecular weight is 418 g/mol. The summed E-state index contributed by atoms with van der Waals surface area (Å²) in [6.45, 7) is 0. The molecule has 32 heavy (non-hydrogen) atoms. The van der Waals surface area contributed by atoms with Crippen molar-refractivity contribution >= 4 is 5.78 Å². The molecule has 4 aromatic rings. The first-order chi connectivity index (χ1) is 15.8. The van der Waals surface area contributed by atoms with E-state index in [1.54, 1.807) is 0 Å². The van der Waals surface area contributed by atoms with E-state index in [1.807, 2.05) is 72.8 Å². The number of benzene rings is 4. The van der Waals surface area contributed by atoms with Gasteiger partial charge in [0.15, 0.2) is 0 Å². The Balaban J connectivity index is 1.34. The van der Waals surface area contributed by atoms with Crippen molar-refractivity contribution in [1.29, 1.82) is 0 Å². The van der Waals surface area contributed by atoms with Crippen LogP contribution in [0.25, 0.3) is 0 Å². The maximum Gasteiger partial charge on any atom is 0.134 e. The van der Waals surface area contributed by atoms with Gasteiger partial charge in [0, 0.05) is 46.9 Å². The normalized spacial score (nSPS) is 14.2. The summed E-state index contributed by atoms with van der Waals surface area (Å²) in [5.74, 6) is 3.58. The number of para-hydroxylation sites is 4. The minimum atomic E-state index is -0.00558. The fourth-order valence-electron chi connectivity index (χ4n) is 5.00. The van der Waals surface area contributed by atoms with Crippen LogP contribution in [-0.4, -0.2) is 5.78 Å². The molecule has 3 heteroatoms. The van der Waals surface area contributed by atoms with Crippen molar-refractivity contribution in [3.8, 4) is 23.0 Å². The van der Waals surface area contributed by atoms with Crippen molar-refractivity contribution in [2.75, 3.05) is 0 Å². The number of carbonyl (C=O) groups excluding carboxylic acids is 1. The van der Waals surface area contributed by atoms with Crippen LogP contribution in [-0.2, 0) is 4.79 Å². The van der Waals surface area contributed by atoms with E-state index in [-0.39, 0.29) is 17.6 Å². The summed E-state index contributed by atoms with van der Waals surface area (Å²) in [4.78, 5) is 13.5. The number of hydrogen-bond acceptors (Lipinski definition) is 3. The molecule has 0 saturated carbocycles. The van der Waals surface area contributed by atoms with E-state index < -0.39 is 0 Å². The molecule has 2 aliphatic heterocycles. The zero-order valence-electron chi connectivity index (χ0n) is 17.5. The predicted molar refractivity (Wildman–Crippen MR) is 124 cm³/mol. The van der Waals surface area contributed by atoms with Crippen LogP contribution in [0.4, 0.5) is 0 Å². The monoisotopic (exact) mass is 418 g/mol. The molecule has 0 fully saturated rings. The van der Waals surface area contributed by atoms with Crippen molar-refractivity contribution in [3.05, 3.63) is 119 Å². The second-order valence-electron chi connectivity index (χ2n) is 8.41. The lowest BCUT2D eigenvalue weighted by atomic mass is 9.80. The topological polar surface area (TPSA) is 35.5 Å². The van der Waals surface area contributed by atoms with Gasteiger partial charge in [0.05, 0.1) is 0 Å². The third-order valence-corrected chi connectivity index (χ3v) is 6.48. The molecule has 6 rings (SSSR count). The van der Waals surface area contributed by atoms with Crippen LogP contribution in [0.1, 0.15) is 46.9 Å². The first kappa shape index (κ1) is 18.9. The first-order valence-corrected chi connectivity index (χ1v) is 11.0. The van der Waals surface area contributed by atoms with Crippen LogP contribution >= 0.6 is 0 Å². The molecule has 0 unspecified atom stereocenters. The number of carbonyl (C=O) groups is 1. The van der Waals surface area contributed by atoms with E-state index in [9.17, 15) is 4.79 Å². The Kier molecular flexibility index (Phi) is 4.53. The Bertz CT molecular complexity index is 1130. The van der Waals surface area contributed by atoms with Gasteiger partial charge in [0.2, 0.25) is 0 Å². The van der Waals surface area contributed by atoms with E-state index >= 15 is 0 Å². The van der Waals surface area contributed by atoms with Crippen molar-refractivity contribution in [2.24, 2.45) is 0 Å². The summed E-state index contributed by atoms with van der Waals surface area (Å²) < 4.78 is 12.2. The second kappa shape index (κ2) is 7.69. The lowest BCUT2D eigenvalue weighted by Crippen LogP contribution is -2.18. The molecular formula is C29H22O3. The summed E-state index contributed by atoms with van der Waals surface area (Å²) in [5, 5.41) is 0. The molecule has 2 aliphatic rings. The summed E-state index contributed by atoms with van der Waals surface area (Å²) >= 11 is 0. The quantitative estimate of drug-likeness (QED) is 0.351. The van der Waals surface area contributed by atoms with E-state index in [0.29, 0.717) is 12.8 Å². The van der Waals surface area contributed by atoms with E-state index in [4.69, 9.17) is 9.47 Å². The molecule has 3 nitrogen and oxygen atoms in total. The number of ketones is 1. The van der Waals surface area contributed by atoms with Crippen LogP contribution < -0.4 is 9.47 Å². The molecule has 0 saturated heterocycles. The maximum absolute atomic E-state index is 13.5. The molecule has 2 heterocycles. The Morgan fingerprint density at radius 2 is 0.781 bits per heavy atom. The zero-order chi connectivity index (χ0) is 21.5. The smallest absolute Gasteiger partial charge is 0.134 e. The highest BCUT2D eigenvalue weighted by Gasteiger charge is 2.32. The second-order valence-corrected chi connectivity index (χ2v) is 8.41. The maximum atomic E-state index is 13.5. The van der Waals surface area contributed by atoms with Crippen LogP contribution in [0.5, 0.6) is 23.0 Å². The van der Waals surface area contributed by atoms with Crippen molar-refractivity contribution in [3.63, 3.8) is 0 Å². The molecule has 0 aromatic heterocycles. The number of rotatable bonds is 4. The number of ether oxygens (including phenoxy) is 2. The molecule has 156 valence electrons. The van der Waals surface area contributed by atoms with E-state index in [1.165, 1.54) is 0 Å². The van der Waals surface area contributed by atoms with Gasteiger partial charge in [-0.1, -0.05) is 72.8 Å². The predicted octanol–water partition coefficient (Wildman–Crippen LogP) is 7.21. The zero-order valence-corrected chi connectivity index (χ0v) is 17.5. The molecule has 0 amide bonds. The van der Waals surface area contributed by atoms with Gasteiger partial charge in [0.25, 0.3) is 0 Å². The van der Waals surface area contributed by atoms with Gasteiger partial charge in [-0.25, -0.2) is 0 Å². The lowest BCUT2D eigenvalue weighted by Gasteiger charge is -2.30. The highest BCUT2D eigenvalue weighted by Crippen LogP contribution is 2.48. The number of Topliss-reactive ketones (excluding diaryl/α,β-unsaturated/α-hetero) is 1. The van der Waals surface area contributed by atoms with Crippen molar-refractivity contribution in [2.45, 2.75) is 24.7 Å². The summed E-state index contributed by atoms with van der Waals surface area (Å²) in [6, 6.07) is 32.2. The minimum Gasteiger partial charge on any atom is -0.457 e. The first-order valence-electron chi connectivity index (χ1n) is 11.0. The van der Waals surface area contributed by atoms with Gasteiger partial charge >= 0.3 is 0 Å². The van der Waals surface area contributed by atoms with E-state index in [0.717, 1.165) is 45.3 Å². The molecular weight excluding hydrogens is 396 g/mol. The van der Waals surface area contributed by atoms with Gasteiger partial charge in [-0.3, -0.25) is 4.79 Å². The number of fused-ring (bicyclic) bond motifs is 4. The molecule has 4 aromatic carbocycles. The molecule has 0 aliphatic carbocycles. The fraction of sp³-hybridized carbons (Fsp3) is 0.138. The largest absolute Gasteiger partial charge is 0.457 e. The highest BCUT2D eigenvalue weighted by atomic mass is 16.5. The van der Waals surface area contributed by atoms with Crippen LogP contribution in [0, 0.1) is 0 Å². The van der Waals surface area contributed by atoms with Gasteiger partial charge in [-0.15, -0.1) is 0 Å². The minimum absolute atomic E-state index is 0.00558. The fourth-order valence-corrected chi connectivity index (χ4v) is 5.00. The molecule has 0 atom stereocenters.